The van der Waals surface area contributed by atoms with Crippen molar-refractivity contribution in [3.8, 4) is 0 Å². The predicted octanol–water partition coefficient (Wildman–Crippen LogP) is 8.61. The van der Waals surface area contributed by atoms with Gasteiger partial charge in [-0.2, -0.15) is 0 Å². The molecule has 202 valence electrons. The van der Waals surface area contributed by atoms with Gasteiger partial charge in [-0.15, -0.1) is 0 Å². The molecule has 2 rings (SSSR count). The van der Waals surface area contributed by atoms with E-state index in [-0.39, 0.29) is 35.7 Å². The molecular weight excluding hydrogens is 444 g/mol. The molecule has 1 aromatic carbocycles. The largest absolute Gasteiger partial charge is 0.300 e. The van der Waals surface area contributed by atoms with Gasteiger partial charge in [-0.1, -0.05) is 73.3 Å². The maximum Gasteiger partial charge on any atom is 0.163 e. The summed E-state index contributed by atoms with van der Waals surface area (Å²) < 4.78 is 0. The molecule has 1 aliphatic rings. The fourth-order valence-corrected chi connectivity index (χ4v) is 6.51. The minimum absolute atomic E-state index is 0.0433. The molecule has 0 N–H and O–H groups in total. The van der Waals surface area contributed by atoms with Crippen LogP contribution in [0.5, 0.6) is 0 Å². The van der Waals surface area contributed by atoms with Gasteiger partial charge in [0.1, 0.15) is 11.6 Å². The number of carbonyl (C=O) groups is 3. The number of ketones is 3. The van der Waals surface area contributed by atoms with Gasteiger partial charge in [-0.3, -0.25) is 14.4 Å². The smallest absolute Gasteiger partial charge is 0.163 e. The third kappa shape index (κ3) is 7.86. The highest BCUT2D eigenvalue weighted by Crippen LogP contribution is 2.40. The van der Waals surface area contributed by atoms with E-state index >= 15 is 0 Å². The summed E-state index contributed by atoms with van der Waals surface area (Å²) in [5.41, 5.74) is 6.18. The van der Waals surface area contributed by atoms with Crippen LogP contribution in [0, 0.1) is 30.6 Å². The molecule has 4 unspecified atom stereocenters. The first-order chi connectivity index (χ1) is 17.0. The highest BCUT2D eigenvalue weighted by atomic mass is 16.1. The Morgan fingerprint density at radius 3 is 2.28 bits per heavy atom. The van der Waals surface area contributed by atoms with Gasteiger partial charge in [0, 0.05) is 17.9 Å². The number of hydrogen-bond acceptors (Lipinski definition) is 3. The predicted molar refractivity (Wildman–Crippen MR) is 151 cm³/mol. The van der Waals surface area contributed by atoms with Crippen molar-refractivity contribution >= 4 is 17.3 Å². The van der Waals surface area contributed by atoms with Gasteiger partial charge >= 0.3 is 0 Å². The van der Waals surface area contributed by atoms with E-state index in [0.29, 0.717) is 18.1 Å². The second-order valence-electron chi connectivity index (χ2n) is 12.0. The molecule has 1 aromatic rings. The average molecular weight is 497 g/mol. The number of rotatable bonds is 15. The highest BCUT2D eigenvalue weighted by molar-refractivity contribution is 6.01. The summed E-state index contributed by atoms with van der Waals surface area (Å²) in [6.07, 6.45) is 9.90. The Balaban J connectivity index is 2.32. The minimum Gasteiger partial charge on any atom is -0.300 e. The highest BCUT2D eigenvalue weighted by Gasteiger charge is 2.34. The molecule has 1 aliphatic carbocycles. The van der Waals surface area contributed by atoms with Crippen LogP contribution in [0.3, 0.4) is 0 Å². The molecule has 0 aromatic heterocycles. The number of fused-ring (bicyclic) bond motifs is 1. The van der Waals surface area contributed by atoms with E-state index < -0.39 is 0 Å². The van der Waals surface area contributed by atoms with Gasteiger partial charge in [0.25, 0.3) is 0 Å². The molecule has 0 fully saturated rings. The maximum atomic E-state index is 13.6. The van der Waals surface area contributed by atoms with Crippen molar-refractivity contribution in [1.82, 2.24) is 0 Å². The number of Topliss-reactive ketones (excluding diaryl/α,β-unsaturated/α-hetero) is 3. The Morgan fingerprint density at radius 1 is 1.03 bits per heavy atom. The van der Waals surface area contributed by atoms with E-state index in [9.17, 15) is 14.4 Å². The van der Waals surface area contributed by atoms with Gasteiger partial charge in [0.2, 0.25) is 0 Å². The van der Waals surface area contributed by atoms with Crippen LogP contribution in [0.15, 0.2) is 6.07 Å². The third-order valence-corrected chi connectivity index (χ3v) is 8.69. The van der Waals surface area contributed by atoms with Gasteiger partial charge in [-0.05, 0) is 91.9 Å². The van der Waals surface area contributed by atoms with Crippen LogP contribution in [0.1, 0.15) is 145 Å². The van der Waals surface area contributed by atoms with Crippen LogP contribution in [-0.4, -0.2) is 17.3 Å². The molecule has 3 heteroatoms. The number of carbonyl (C=O) groups excluding carboxylic acids is 3. The van der Waals surface area contributed by atoms with Gasteiger partial charge in [-0.25, -0.2) is 0 Å². The minimum atomic E-state index is -0.0791. The average Bonchev–Trinajstić information content (AvgIpc) is 2.79. The second kappa shape index (κ2) is 14.2. The van der Waals surface area contributed by atoms with E-state index in [0.717, 1.165) is 50.0 Å². The van der Waals surface area contributed by atoms with Crippen LogP contribution in [0.4, 0.5) is 0 Å². The Hall–Kier alpha value is -1.77. The molecule has 0 saturated carbocycles. The first-order valence-electron chi connectivity index (χ1n) is 14.7. The molecule has 0 spiro atoms. The molecular formula is C33H52O3. The zero-order chi connectivity index (χ0) is 27.0. The summed E-state index contributed by atoms with van der Waals surface area (Å²) in [6.45, 7) is 17.0. The van der Waals surface area contributed by atoms with Crippen LogP contribution in [0.25, 0.3) is 0 Å². The molecule has 4 atom stereocenters. The number of hydrogen-bond donors (Lipinski definition) is 0. The number of aryl methyl sites for hydroxylation is 1. The van der Waals surface area contributed by atoms with E-state index in [2.05, 4.69) is 54.5 Å². The van der Waals surface area contributed by atoms with Crippen LogP contribution in [-0.2, 0) is 22.4 Å². The SMILES string of the molecule is CCCC(CC1CC(=O)c2c(C)c(CCCC(C)CC)cc(C(C)C)c2C1)C(CC)C(=O)CC(C)=O. The van der Waals surface area contributed by atoms with Crippen LogP contribution >= 0.6 is 0 Å². The van der Waals surface area contributed by atoms with Crippen molar-refractivity contribution in [2.24, 2.45) is 23.7 Å². The lowest BCUT2D eigenvalue weighted by atomic mass is 9.70. The van der Waals surface area contributed by atoms with Crippen molar-refractivity contribution < 1.29 is 14.4 Å². The first kappa shape index (κ1) is 30.5. The Labute approximate surface area is 221 Å². The normalized spacial score (nSPS) is 18.1. The Bertz CT molecular complexity index is 910. The van der Waals surface area contributed by atoms with E-state index in [1.807, 2.05) is 0 Å². The molecule has 0 saturated heterocycles. The fraction of sp³-hybridized carbons (Fsp3) is 0.727. The molecule has 36 heavy (non-hydrogen) atoms. The molecule has 0 aliphatic heterocycles. The van der Waals surface area contributed by atoms with Crippen molar-refractivity contribution in [1.29, 1.82) is 0 Å². The van der Waals surface area contributed by atoms with Crippen molar-refractivity contribution in [2.75, 3.05) is 0 Å². The van der Waals surface area contributed by atoms with Gasteiger partial charge in [0.05, 0.1) is 6.42 Å². The number of benzene rings is 1. The summed E-state index contributed by atoms with van der Waals surface area (Å²) in [7, 11) is 0. The van der Waals surface area contributed by atoms with Crippen molar-refractivity contribution in [3.63, 3.8) is 0 Å². The lowest BCUT2D eigenvalue weighted by Crippen LogP contribution is -2.30. The van der Waals surface area contributed by atoms with Crippen LogP contribution in [0.2, 0.25) is 0 Å². The van der Waals surface area contributed by atoms with Crippen molar-refractivity contribution in [3.05, 3.63) is 33.9 Å². The van der Waals surface area contributed by atoms with Gasteiger partial charge < -0.3 is 0 Å². The van der Waals surface area contributed by atoms with E-state index in [4.69, 9.17) is 0 Å². The molecule has 0 amide bonds. The maximum absolute atomic E-state index is 13.6. The second-order valence-corrected chi connectivity index (χ2v) is 12.0. The monoisotopic (exact) mass is 496 g/mol. The quantitative estimate of drug-likeness (QED) is 0.228. The Kier molecular flexibility index (Phi) is 12.0. The topological polar surface area (TPSA) is 51.2 Å². The van der Waals surface area contributed by atoms with Crippen molar-refractivity contribution in [2.45, 2.75) is 132 Å². The first-order valence-corrected chi connectivity index (χ1v) is 14.7. The summed E-state index contributed by atoms with van der Waals surface area (Å²) in [5, 5.41) is 0. The summed E-state index contributed by atoms with van der Waals surface area (Å²) in [5.74, 6) is 1.90. The van der Waals surface area contributed by atoms with E-state index in [1.165, 1.54) is 48.4 Å². The summed E-state index contributed by atoms with van der Waals surface area (Å²) in [6, 6.07) is 2.40. The lowest BCUT2D eigenvalue weighted by Gasteiger charge is -2.33. The molecule has 0 radical (unpaired) electrons. The lowest BCUT2D eigenvalue weighted by molar-refractivity contribution is -0.129. The standard InChI is InChI=1S/C33H52O3/c1-9-13-27(28(11-3)31(35)16-23(7)34)17-25-18-30-29(21(4)5)20-26(15-12-14-22(6)10-2)24(8)33(30)32(36)19-25/h20-22,25,27-28H,9-19H2,1-8H3. The third-order valence-electron chi connectivity index (χ3n) is 8.69. The fourth-order valence-electron chi connectivity index (χ4n) is 6.51. The molecule has 0 bridgehead atoms. The molecule has 0 heterocycles. The summed E-state index contributed by atoms with van der Waals surface area (Å²) >= 11 is 0. The summed E-state index contributed by atoms with van der Waals surface area (Å²) in [4.78, 5) is 38.1. The zero-order valence-electron chi connectivity index (χ0n) is 24.5. The van der Waals surface area contributed by atoms with Gasteiger partial charge in [0.15, 0.2) is 5.78 Å². The van der Waals surface area contributed by atoms with E-state index in [1.54, 1.807) is 0 Å². The van der Waals surface area contributed by atoms with Crippen LogP contribution < -0.4 is 0 Å². The Morgan fingerprint density at radius 2 is 1.72 bits per heavy atom. The zero-order valence-corrected chi connectivity index (χ0v) is 24.5. The molecule has 3 nitrogen and oxygen atoms in total.